The van der Waals surface area contributed by atoms with Gasteiger partial charge in [-0.05, 0) is 66.5 Å². The fraction of sp³-hybridized carbons (Fsp3) is 0.209. The van der Waals surface area contributed by atoms with Gasteiger partial charge in [-0.1, -0.05) is 59.8 Å². The predicted octanol–water partition coefficient (Wildman–Crippen LogP) is 7.77. The lowest BCUT2D eigenvalue weighted by atomic mass is 9.80. The van der Waals surface area contributed by atoms with E-state index in [-0.39, 0.29) is 32.4 Å². The quantitative estimate of drug-likeness (QED) is 0.0370. The van der Waals surface area contributed by atoms with E-state index in [1.54, 1.807) is 69.7 Å². The van der Waals surface area contributed by atoms with Gasteiger partial charge in [0.05, 0.1) is 36.4 Å². The van der Waals surface area contributed by atoms with Crippen LogP contribution in [0.4, 0.5) is 11.4 Å². The fourth-order valence-electron chi connectivity index (χ4n) is 5.76. The van der Waals surface area contributed by atoms with Gasteiger partial charge in [-0.15, -0.1) is 0 Å². The molecule has 3 N–H and O–H groups in total. The molecule has 0 amide bonds. The molecule has 2 aliphatic rings. The van der Waals surface area contributed by atoms with Gasteiger partial charge in [-0.3, -0.25) is 25.5 Å². The number of alkyl halides is 1. The summed E-state index contributed by atoms with van der Waals surface area (Å²) in [6, 6.07) is 30.6. The smallest absolute Gasteiger partial charge is 0.488 e. The second-order valence-electron chi connectivity index (χ2n) is 12.7. The number of nitro groups is 2. The minimum absolute atomic E-state index is 0. The molecule has 0 spiro atoms. The molecule has 0 fully saturated rings. The Kier molecular flexibility index (Phi) is 18.6. The number of halogens is 1. The SMILES string of the molecule is C.CCOO.COc1ccc(CBr)nc1-c1cccc([N+](=O)[O-])c1.COc1ccc(Cc2ccc3c(c2)OCO3)nc1-c1cccc([N+](=O)[O-])c1.OB(O)c1ccc2c(c1)OCO2. The van der Waals surface area contributed by atoms with Crippen molar-refractivity contribution in [3.05, 3.63) is 146 Å². The molecule has 0 aliphatic carbocycles. The number of benzene rings is 4. The van der Waals surface area contributed by atoms with Gasteiger partial charge in [0.25, 0.3) is 11.4 Å². The van der Waals surface area contributed by atoms with Crippen LogP contribution in [0.2, 0.25) is 0 Å². The van der Waals surface area contributed by atoms with E-state index in [1.807, 2.05) is 36.4 Å². The van der Waals surface area contributed by atoms with E-state index < -0.39 is 17.0 Å². The fourth-order valence-corrected chi connectivity index (χ4v) is 6.07. The number of fused-ring (bicyclic) bond motifs is 2. The van der Waals surface area contributed by atoms with Crippen molar-refractivity contribution in [3.8, 4) is 57.0 Å². The summed E-state index contributed by atoms with van der Waals surface area (Å²) in [5.74, 6) is 3.80. The van der Waals surface area contributed by atoms with E-state index >= 15 is 0 Å². The van der Waals surface area contributed by atoms with E-state index in [2.05, 4.69) is 30.8 Å². The van der Waals surface area contributed by atoms with Gasteiger partial charge < -0.3 is 38.5 Å². The van der Waals surface area contributed by atoms with E-state index in [0.29, 0.717) is 69.3 Å². The summed E-state index contributed by atoms with van der Waals surface area (Å²) in [5.41, 5.74) is 5.59. The first-order chi connectivity index (χ1) is 30.0. The third kappa shape index (κ3) is 13.3. The Balaban J connectivity index is 0.000000210. The van der Waals surface area contributed by atoms with E-state index in [1.165, 1.54) is 24.3 Å². The van der Waals surface area contributed by atoms with Gasteiger partial charge in [0.2, 0.25) is 13.6 Å². The maximum Gasteiger partial charge on any atom is 0.488 e. The number of ether oxygens (including phenoxy) is 6. The Bertz CT molecular complexity index is 2480. The summed E-state index contributed by atoms with van der Waals surface area (Å²) in [7, 11) is 1.64. The molecule has 0 radical (unpaired) electrons. The van der Waals surface area contributed by atoms with Gasteiger partial charge >= 0.3 is 7.12 Å². The molecule has 63 heavy (non-hydrogen) atoms. The Labute approximate surface area is 371 Å². The molecule has 0 unspecified atom stereocenters. The van der Waals surface area contributed by atoms with Crippen molar-refractivity contribution in [1.29, 1.82) is 0 Å². The third-order valence-corrected chi connectivity index (χ3v) is 9.29. The minimum Gasteiger partial charge on any atom is -0.494 e. The largest absolute Gasteiger partial charge is 0.494 e. The van der Waals surface area contributed by atoms with Crippen LogP contribution in [0, 0.1) is 20.2 Å². The van der Waals surface area contributed by atoms with Crippen LogP contribution in [0.15, 0.2) is 109 Å². The summed E-state index contributed by atoms with van der Waals surface area (Å²) in [4.78, 5) is 33.7. The van der Waals surface area contributed by atoms with Crippen molar-refractivity contribution in [1.82, 2.24) is 9.97 Å². The average Bonchev–Trinajstić information content (AvgIpc) is 3.99. The number of nitrogens with zero attached hydrogens (tertiary/aromatic N) is 4. The predicted molar refractivity (Wildman–Crippen MR) is 237 cm³/mol. The number of hydrogen-bond donors (Lipinski definition) is 3. The molecule has 20 heteroatoms. The van der Waals surface area contributed by atoms with Crippen LogP contribution in [0.3, 0.4) is 0 Å². The van der Waals surface area contributed by atoms with Crippen LogP contribution in [-0.2, 0) is 16.6 Å². The monoisotopic (exact) mass is 930 g/mol. The maximum atomic E-state index is 11.1. The number of rotatable bonds is 11. The summed E-state index contributed by atoms with van der Waals surface area (Å²) in [5, 5.41) is 47.5. The molecular formula is C43H44BBrN4O14. The van der Waals surface area contributed by atoms with E-state index in [0.717, 1.165) is 28.5 Å². The van der Waals surface area contributed by atoms with Gasteiger partial charge in [-0.25, -0.2) is 14.9 Å². The number of hydrogen-bond acceptors (Lipinski definition) is 16. The molecular weight excluding hydrogens is 887 g/mol. The molecule has 18 nitrogen and oxygen atoms in total. The zero-order valence-electron chi connectivity index (χ0n) is 33.5. The molecule has 0 saturated heterocycles. The van der Waals surface area contributed by atoms with Crippen molar-refractivity contribution in [2.24, 2.45) is 0 Å². The van der Waals surface area contributed by atoms with Gasteiger partial charge in [-0.2, -0.15) is 0 Å². The second kappa shape index (κ2) is 24.0. The van der Waals surface area contributed by atoms with Crippen molar-refractivity contribution in [2.75, 3.05) is 34.4 Å². The minimum atomic E-state index is -1.46. The van der Waals surface area contributed by atoms with Crippen LogP contribution in [0.25, 0.3) is 22.5 Å². The average molecular weight is 932 g/mol. The van der Waals surface area contributed by atoms with E-state index in [9.17, 15) is 20.2 Å². The molecule has 330 valence electrons. The highest BCUT2D eigenvalue weighted by Crippen LogP contribution is 2.35. The van der Waals surface area contributed by atoms with Gasteiger partial charge in [0.1, 0.15) is 22.9 Å². The summed E-state index contributed by atoms with van der Waals surface area (Å²) < 4.78 is 31.5. The molecule has 2 aromatic heterocycles. The first kappa shape index (κ1) is 48.8. The Morgan fingerprint density at radius 2 is 1.16 bits per heavy atom. The second-order valence-corrected chi connectivity index (χ2v) is 13.3. The molecule has 0 saturated carbocycles. The molecule has 0 bridgehead atoms. The first-order valence-corrected chi connectivity index (χ1v) is 19.6. The number of non-ortho nitro benzene ring substituents is 2. The summed E-state index contributed by atoms with van der Waals surface area (Å²) >= 11 is 3.34. The highest BCUT2D eigenvalue weighted by Gasteiger charge is 2.19. The van der Waals surface area contributed by atoms with Crippen molar-refractivity contribution in [3.63, 3.8) is 0 Å². The lowest BCUT2D eigenvalue weighted by Gasteiger charge is -2.10. The molecule has 4 heterocycles. The summed E-state index contributed by atoms with van der Waals surface area (Å²) in [6.07, 6.45) is 0.586. The van der Waals surface area contributed by atoms with Crippen LogP contribution < -0.4 is 33.9 Å². The van der Waals surface area contributed by atoms with Crippen molar-refractivity contribution in [2.45, 2.75) is 26.1 Å². The van der Waals surface area contributed by atoms with Crippen LogP contribution >= 0.6 is 15.9 Å². The van der Waals surface area contributed by atoms with E-state index in [4.69, 9.17) is 43.7 Å². The lowest BCUT2D eigenvalue weighted by molar-refractivity contribution is -0.385. The zero-order valence-corrected chi connectivity index (χ0v) is 35.1. The molecule has 0 atom stereocenters. The topological polar surface area (TPSA) is 237 Å². The normalized spacial score (nSPS) is 11.2. The van der Waals surface area contributed by atoms with Gasteiger partial charge in [0.15, 0.2) is 23.0 Å². The standard InChI is InChI=1S/C20H16N2O5.C13H11BrN2O3.C7H7BO4.C2H6O2.CH4/c1-25-18-8-6-15(9-13-5-7-17-19(10-13)27-12-26-17)21-20(18)14-3-2-4-16(11-14)22(23)24;1-19-12-6-5-10(8-14)15-13(12)9-3-2-4-11(7-9)16(17)18;9-8(10)5-1-2-6-7(3-5)12-4-11-6;1-2-4-3;/h2-8,10-11H,9,12H2,1H3;2-7H,8H2,1H3;1-3,9-10H,4H2;3H,2H2,1H3;1H4. The highest BCUT2D eigenvalue weighted by atomic mass is 79.9. The maximum absolute atomic E-state index is 11.1. The third-order valence-electron chi connectivity index (χ3n) is 8.72. The van der Waals surface area contributed by atoms with Crippen LogP contribution in [0.1, 0.15) is 31.3 Å². The molecule has 2 aliphatic heterocycles. The first-order valence-electron chi connectivity index (χ1n) is 18.5. The molecule has 8 rings (SSSR count). The van der Waals surface area contributed by atoms with Gasteiger partial charge in [0, 0.05) is 52.8 Å². The lowest BCUT2D eigenvalue weighted by Crippen LogP contribution is -2.29. The number of pyridine rings is 2. The Hall–Kier alpha value is -6.84. The zero-order chi connectivity index (χ0) is 44.6. The molecule has 6 aromatic rings. The Morgan fingerprint density at radius 3 is 1.63 bits per heavy atom. The van der Waals surface area contributed by atoms with Crippen molar-refractivity contribution >= 4 is 39.9 Å². The summed E-state index contributed by atoms with van der Waals surface area (Å²) in [6.45, 7) is 2.51. The number of aromatic nitrogens is 2. The highest BCUT2D eigenvalue weighted by molar-refractivity contribution is 9.08. The number of methoxy groups -OCH3 is 2. The number of nitro benzene ring substituents is 2. The van der Waals surface area contributed by atoms with Crippen LogP contribution in [0.5, 0.6) is 34.5 Å². The van der Waals surface area contributed by atoms with Crippen LogP contribution in [-0.4, -0.2) is 76.7 Å². The molecule has 4 aromatic carbocycles. The van der Waals surface area contributed by atoms with Crippen molar-refractivity contribution < 1.29 is 58.5 Å². The Morgan fingerprint density at radius 1 is 0.683 bits per heavy atom.